The zero-order chi connectivity index (χ0) is 12.4. The van der Waals surface area contributed by atoms with E-state index in [2.05, 4.69) is 28.8 Å². The predicted octanol–water partition coefficient (Wildman–Crippen LogP) is 1.71. The first-order valence-corrected chi connectivity index (χ1v) is 6.91. The topological polar surface area (TPSA) is 33.3 Å². The highest BCUT2D eigenvalue weighted by atomic mass is 16.5. The fraction of sp³-hybridized carbons (Fsp3) is 0.600. The molecule has 0 radical (unpaired) electrons. The zero-order valence-corrected chi connectivity index (χ0v) is 11.1. The summed E-state index contributed by atoms with van der Waals surface area (Å²) in [5.74, 6) is 1.08. The normalized spacial score (nSPS) is 19.4. The minimum Gasteiger partial charge on any atom is -0.493 e. The van der Waals surface area contributed by atoms with Crippen molar-refractivity contribution in [1.29, 1.82) is 0 Å². The Kier molecular flexibility index (Phi) is 3.27. The average molecular weight is 246 g/mol. The van der Waals surface area contributed by atoms with Crippen LogP contribution in [0.3, 0.4) is 0 Å². The molecule has 2 aliphatic rings. The van der Waals surface area contributed by atoms with E-state index in [0.717, 1.165) is 38.4 Å². The maximum atomic E-state index is 5.53. The fourth-order valence-electron chi connectivity index (χ4n) is 2.79. The Labute approximate surface area is 109 Å². The highest BCUT2D eigenvalue weighted by Crippen LogP contribution is 2.44. The van der Waals surface area contributed by atoms with Crippen LogP contribution >= 0.6 is 0 Å². The Morgan fingerprint density at radius 1 is 1.28 bits per heavy atom. The van der Waals surface area contributed by atoms with Crippen LogP contribution in [-0.2, 0) is 13.0 Å². The summed E-state index contributed by atoms with van der Waals surface area (Å²) in [5.41, 5.74) is 3.28. The SMILES string of the molecule is CNCC1(CNCc2ccc3c(c2)CCO3)CC1. The fourth-order valence-corrected chi connectivity index (χ4v) is 2.79. The quantitative estimate of drug-likeness (QED) is 0.801. The van der Waals surface area contributed by atoms with Crippen LogP contribution in [0.2, 0.25) is 0 Å². The number of ether oxygens (including phenoxy) is 1. The Bertz CT molecular complexity index is 427. The number of hydrogen-bond acceptors (Lipinski definition) is 3. The molecule has 3 heteroatoms. The summed E-state index contributed by atoms with van der Waals surface area (Å²) < 4.78 is 5.53. The van der Waals surface area contributed by atoms with Gasteiger partial charge in [-0.2, -0.15) is 0 Å². The Morgan fingerprint density at radius 3 is 2.94 bits per heavy atom. The third-order valence-corrected chi connectivity index (χ3v) is 4.09. The first-order chi connectivity index (χ1) is 8.81. The summed E-state index contributed by atoms with van der Waals surface area (Å²) in [6.07, 6.45) is 3.78. The maximum absolute atomic E-state index is 5.53. The summed E-state index contributed by atoms with van der Waals surface area (Å²) >= 11 is 0. The van der Waals surface area contributed by atoms with Gasteiger partial charge in [-0.3, -0.25) is 0 Å². The second kappa shape index (κ2) is 4.90. The third-order valence-electron chi connectivity index (χ3n) is 4.09. The summed E-state index contributed by atoms with van der Waals surface area (Å²) in [5, 5.41) is 6.90. The van der Waals surface area contributed by atoms with E-state index in [1.807, 2.05) is 7.05 Å². The lowest BCUT2D eigenvalue weighted by Crippen LogP contribution is -2.31. The molecule has 98 valence electrons. The molecule has 1 fully saturated rings. The van der Waals surface area contributed by atoms with Gasteiger partial charge in [-0.25, -0.2) is 0 Å². The second-order valence-corrected chi connectivity index (χ2v) is 5.67. The Balaban J connectivity index is 1.51. The smallest absolute Gasteiger partial charge is 0.122 e. The van der Waals surface area contributed by atoms with E-state index < -0.39 is 0 Å². The van der Waals surface area contributed by atoms with Gasteiger partial charge in [0.1, 0.15) is 5.75 Å². The van der Waals surface area contributed by atoms with Crippen LogP contribution in [0.15, 0.2) is 18.2 Å². The molecule has 0 unspecified atom stereocenters. The molecule has 1 aliphatic heterocycles. The molecule has 0 saturated heterocycles. The molecule has 3 rings (SSSR count). The van der Waals surface area contributed by atoms with Crippen LogP contribution in [0.4, 0.5) is 0 Å². The molecule has 1 aromatic carbocycles. The van der Waals surface area contributed by atoms with Gasteiger partial charge in [-0.05, 0) is 42.5 Å². The average Bonchev–Trinajstić information content (AvgIpc) is 2.97. The molecule has 0 atom stereocenters. The Morgan fingerprint density at radius 2 is 2.17 bits per heavy atom. The highest BCUT2D eigenvalue weighted by molar-refractivity contribution is 5.39. The Hall–Kier alpha value is -1.06. The van der Waals surface area contributed by atoms with Gasteiger partial charge in [0.15, 0.2) is 0 Å². The zero-order valence-electron chi connectivity index (χ0n) is 11.1. The van der Waals surface area contributed by atoms with Crippen LogP contribution < -0.4 is 15.4 Å². The van der Waals surface area contributed by atoms with E-state index in [1.54, 1.807) is 0 Å². The van der Waals surface area contributed by atoms with Crippen LogP contribution in [-0.4, -0.2) is 26.7 Å². The maximum Gasteiger partial charge on any atom is 0.122 e. The van der Waals surface area contributed by atoms with Crippen LogP contribution in [0, 0.1) is 5.41 Å². The van der Waals surface area contributed by atoms with Crippen molar-refractivity contribution in [1.82, 2.24) is 10.6 Å². The van der Waals surface area contributed by atoms with E-state index >= 15 is 0 Å². The van der Waals surface area contributed by atoms with Crippen LogP contribution in [0.25, 0.3) is 0 Å². The molecule has 18 heavy (non-hydrogen) atoms. The minimum atomic E-state index is 0.536. The largest absolute Gasteiger partial charge is 0.493 e. The van der Waals surface area contributed by atoms with Crippen molar-refractivity contribution in [2.75, 3.05) is 26.7 Å². The van der Waals surface area contributed by atoms with Gasteiger partial charge in [-0.1, -0.05) is 12.1 Å². The molecule has 1 aliphatic carbocycles. The van der Waals surface area contributed by atoms with Crippen molar-refractivity contribution < 1.29 is 4.74 Å². The summed E-state index contributed by atoms with van der Waals surface area (Å²) in [4.78, 5) is 0. The van der Waals surface area contributed by atoms with Gasteiger partial charge < -0.3 is 15.4 Å². The van der Waals surface area contributed by atoms with Gasteiger partial charge in [0.25, 0.3) is 0 Å². The minimum absolute atomic E-state index is 0.536. The van der Waals surface area contributed by atoms with E-state index in [-0.39, 0.29) is 0 Å². The lowest BCUT2D eigenvalue weighted by Gasteiger charge is -2.15. The van der Waals surface area contributed by atoms with Gasteiger partial charge in [0.05, 0.1) is 6.61 Å². The number of nitrogens with one attached hydrogen (secondary N) is 2. The van der Waals surface area contributed by atoms with Gasteiger partial charge in [0.2, 0.25) is 0 Å². The molecule has 0 amide bonds. The first kappa shape index (κ1) is 12.0. The van der Waals surface area contributed by atoms with Gasteiger partial charge in [0, 0.05) is 26.1 Å². The predicted molar refractivity (Wildman–Crippen MR) is 72.9 cm³/mol. The molecule has 1 aromatic rings. The van der Waals surface area contributed by atoms with E-state index in [4.69, 9.17) is 4.74 Å². The monoisotopic (exact) mass is 246 g/mol. The molecule has 1 heterocycles. The molecular formula is C15H22N2O. The summed E-state index contributed by atoms with van der Waals surface area (Å²) in [6.45, 7) is 4.08. The number of rotatable bonds is 6. The lowest BCUT2D eigenvalue weighted by atomic mass is 10.1. The highest BCUT2D eigenvalue weighted by Gasteiger charge is 2.41. The lowest BCUT2D eigenvalue weighted by molar-refractivity contribution is 0.357. The van der Waals surface area contributed by atoms with Gasteiger partial charge in [-0.15, -0.1) is 0 Å². The van der Waals surface area contributed by atoms with E-state index in [1.165, 1.54) is 24.0 Å². The van der Waals surface area contributed by atoms with Crippen molar-refractivity contribution in [3.05, 3.63) is 29.3 Å². The molecular weight excluding hydrogens is 224 g/mol. The van der Waals surface area contributed by atoms with Crippen LogP contribution in [0.5, 0.6) is 5.75 Å². The number of hydrogen-bond donors (Lipinski definition) is 2. The second-order valence-electron chi connectivity index (χ2n) is 5.67. The number of benzene rings is 1. The molecule has 3 nitrogen and oxygen atoms in total. The van der Waals surface area contributed by atoms with Gasteiger partial charge >= 0.3 is 0 Å². The molecule has 2 N–H and O–H groups in total. The van der Waals surface area contributed by atoms with Crippen molar-refractivity contribution in [3.8, 4) is 5.75 Å². The van der Waals surface area contributed by atoms with Crippen molar-refractivity contribution in [2.45, 2.75) is 25.8 Å². The molecule has 0 bridgehead atoms. The summed E-state index contributed by atoms with van der Waals surface area (Å²) in [7, 11) is 2.04. The third kappa shape index (κ3) is 2.52. The number of fused-ring (bicyclic) bond motifs is 1. The first-order valence-electron chi connectivity index (χ1n) is 6.91. The van der Waals surface area contributed by atoms with Crippen molar-refractivity contribution in [3.63, 3.8) is 0 Å². The van der Waals surface area contributed by atoms with Crippen molar-refractivity contribution >= 4 is 0 Å². The van der Waals surface area contributed by atoms with E-state index in [0.29, 0.717) is 5.41 Å². The molecule has 1 saturated carbocycles. The summed E-state index contributed by atoms with van der Waals surface area (Å²) in [6, 6.07) is 6.57. The van der Waals surface area contributed by atoms with Crippen LogP contribution in [0.1, 0.15) is 24.0 Å². The van der Waals surface area contributed by atoms with Crippen molar-refractivity contribution in [2.24, 2.45) is 5.41 Å². The van der Waals surface area contributed by atoms with E-state index in [9.17, 15) is 0 Å². The molecule has 0 aromatic heterocycles. The standard InChI is InChI=1S/C15H22N2O/c1-16-10-15(5-6-15)11-17-9-12-2-3-14-13(8-12)4-7-18-14/h2-3,8,16-17H,4-7,9-11H2,1H3. The molecule has 0 spiro atoms.